The highest BCUT2D eigenvalue weighted by Gasteiger charge is 2.05. The molecule has 1 heterocycles. The lowest BCUT2D eigenvalue weighted by Crippen LogP contribution is -2.38. The number of carbonyl (C=O) groups excluding carboxylic acids is 1. The summed E-state index contributed by atoms with van der Waals surface area (Å²) < 4.78 is 5.55. The highest BCUT2D eigenvalue weighted by Crippen LogP contribution is 2.10. The molecular weight excluding hydrogens is 457 g/mol. The number of benzene rings is 1. The number of anilines is 1. The second-order valence-electron chi connectivity index (χ2n) is 6.00. The van der Waals surface area contributed by atoms with E-state index in [0.29, 0.717) is 12.4 Å². The van der Waals surface area contributed by atoms with E-state index in [1.165, 1.54) is 12.5 Å². The van der Waals surface area contributed by atoms with Crippen LogP contribution in [0, 0.1) is 13.8 Å². The topological polar surface area (TPSA) is 91.6 Å². The molecular formula is C19H28IN5O2. The number of hydrogen-bond acceptors (Lipinski definition) is 4. The number of carbonyl (C=O) groups is 1. The van der Waals surface area contributed by atoms with Crippen LogP contribution in [0.25, 0.3) is 0 Å². The molecule has 1 aromatic heterocycles. The van der Waals surface area contributed by atoms with Gasteiger partial charge in [-0.2, -0.15) is 0 Å². The van der Waals surface area contributed by atoms with E-state index >= 15 is 0 Å². The van der Waals surface area contributed by atoms with Crippen molar-refractivity contribution in [2.45, 2.75) is 40.7 Å². The summed E-state index contributed by atoms with van der Waals surface area (Å²) in [6.07, 6.45) is 0.849. The van der Waals surface area contributed by atoms with Gasteiger partial charge in [0.15, 0.2) is 5.96 Å². The maximum atomic E-state index is 11.0. The Kier molecular flexibility index (Phi) is 9.84. The van der Waals surface area contributed by atoms with Gasteiger partial charge in [-0.25, -0.2) is 9.98 Å². The minimum absolute atomic E-state index is 0. The van der Waals surface area contributed by atoms with Gasteiger partial charge in [-0.3, -0.25) is 4.79 Å². The molecule has 0 aliphatic heterocycles. The summed E-state index contributed by atoms with van der Waals surface area (Å²) in [6, 6.07) is 7.83. The van der Waals surface area contributed by atoms with Crippen LogP contribution in [0.3, 0.4) is 0 Å². The number of aromatic nitrogens is 1. The molecule has 0 saturated heterocycles. The molecule has 0 radical (unpaired) electrons. The first-order valence-electron chi connectivity index (χ1n) is 8.79. The molecule has 1 amide bonds. The molecule has 0 fully saturated rings. The normalized spacial score (nSPS) is 10.9. The molecule has 8 heteroatoms. The molecule has 0 atom stereocenters. The van der Waals surface area contributed by atoms with Crippen LogP contribution in [-0.2, 0) is 17.8 Å². The van der Waals surface area contributed by atoms with E-state index in [1.54, 1.807) is 0 Å². The summed E-state index contributed by atoms with van der Waals surface area (Å²) in [7, 11) is 0. The predicted octanol–water partition coefficient (Wildman–Crippen LogP) is 3.17. The van der Waals surface area contributed by atoms with Crippen LogP contribution in [0.4, 0.5) is 5.69 Å². The van der Waals surface area contributed by atoms with Crippen LogP contribution in [0.5, 0.6) is 0 Å². The van der Waals surface area contributed by atoms with Crippen molar-refractivity contribution < 1.29 is 9.21 Å². The molecule has 2 aromatic rings. The standard InChI is InChI=1S/C19H27N5O2.HI/c1-5-20-19(22-12-18-23-13(2)14(3)26-18)21-11-10-16-6-8-17(9-7-16)24-15(4)25;/h6-9H,5,10-12H2,1-4H3,(H,24,25)(H2,20,21,22);1H. The molecule has 0 aliphatic carbocycles. The minimum Gasteiger partial charge on any atom is -0.444 e. The summed E-state index contributed by atoms with van der Waals surface area (Å²) in [6.45, 7) is 9.27. The van der Waals surface area contributed by atoms with E-state index in [0.717, 1.165) is 42.6 Å². The molecule has 7 nitrogen and oxygen atoms in total. The summed E-state index contributed by atoms with van der Waals surface area (Å²) in [4.78, 5) is 19.9. The fourth-order valence-corrected chi connectivity index (χ4v) is 2.38. The Balaban J connectivity index is 0.00000364. The van der Waals surface area contributed by atoms with Crippen molar-refractivity contribution in [2.75, 3.05) is 18.4 Å². The van der Waals surface area contributed by atoms with Crippen LogP contribution in [0.1, 0.15) is 36.8 Å². The van der Waals surface area contributed by atoms with Crippen LogP contribution in [0.2, 0.25) is 0 Å². The Bertz CT molecular complexity index is 736. The number of nitrogens with one attached hydrogen (secondary N) is 3. The van der Waals surface area contributed by atoms with Crippen molar-refractivity contribution in [3.05, 3.63) is 47.2 Å². The molecule has 0 aliphatic rings. The van der Waals surface area contributed by atoms with Gasteiger partial charge in [0, 0.05) is 25.7 Å². The number of hydrogen-bond donors (Lipinski definition) is 3. The molecule has 148 valence electrons. The van der Waals surface area contributed by atoms with Gasteiger partial charge in [-0.1, -0.05) is 12.1 Å². The summed E-state index contributed by atoms with van der Waals surface area (Å²) in [5, 5.41) is 9.28. The zero-order valence-electron chi connectivity index (χ0n) is 16.3. The maximum Gasteiger partial charge on any atom is 0.221 e. The first-order chi connectivity index (χ1) is 12.5. The zero-order chi connectivity index (χ0) is 18.9. The van der Waals surface area contributed by atoms with E-state index in [4.69, 9.17) is 4.42 Å². The van der Waals surface area contributed by atoms with E-state index in [2.05, 4.69) is 25.9 Å². The van der Waals surface area contributed by atoms with Crippen LogP contribution in [0.15, 0.2) is 33.7 Å². The Morgan fingerprint density at radius 3 is 2.44 bits per heavy atom. The Morgan fingerprint density at radius 1 is 1.19 bits per heavy atom. The van der Waals surface area contributed by atoms with Crippen molar-refractivity contribution in [1.29, 1.82) is 0 Å². The third-order valence-corrected chi connectivity index (χ3v) is 3.77. The van der Waals surface area contributed by atoms with Crippen LogP contribution < -0.4 is 16.0 Å². The lowest BCUT2D eigenvalue weighted by molar-refractivity contribution is -0.114. The molecule has 1 aromatic carbocycles. The smallest absolute Gasteiger partial charge is 0.221 e. The van der Waals surface area contributed by atoms with Gasteiger partial charge < -0.3 is 20.4 Å². The number of rotatable bonds is 7. The second kappa shape index (κ2) is 11.6. The summed E-state index contributed by atoms with van der Waals surface area (Å²) in [5.74, 6) is 2.11. The quantitative estimate of drug-likeness (QED) is 0.319. The fourth-order valence-electron chi connectivity index (χ4n) is 2.38. The average molecular weight is 485 g/mol. The number of halogens is 1. The average Bonchev–Trinajstić information content (AvgIpc) is 2.92. The SMILES string of the molecule is CCNC(=NCc1nc(C)c(C)o1)NCCc1ccc(NC(C)=O)cc1.I. The number of amides is 1. The van der Waals surface area contributed by atoms with Crippen molar-refractivity contribution >= 4 is 41.5 Å². The Labute approximate surface area is 177 Å². The third kappa shape index (κ3) is 7.98. The number of oxazole rings is 1. The maximum absolute atomic E-state index is 11.0. The minimum atomic E-state index is -0.0673. The monoisotopic (exact) mass is 485 g/mol. The molecule has 0 bridgehead atoms. The molecule has 27 heavy (non-hydrogen) atoms. The van der Waals surface area contributed by atoms with Gasteiger partial charge >= 0.3 is 0 Å². The van der Waals surface area contributed by atoms with Gasteiger partial charge in [0.2, 0.25) is 11.8 Å². The lowest BCUT2D eigenvalue weighted by atomic mass is 10.1. The van der Waals surface area contributed by atoms with Crippen molar-refractivity contribution in [2.24, 2.45) is 4.99 Å². The Hall–Kier alpha value is -2.10. The van der Waals surface area contributed by atoms with Crippen molar-refractivity contribution in [3.63, 3.8) is 0 Å². The first kappa shape index (κ1) is 22.9. The van der Waals surface area contributed by atoms with E-state index in [9.17, 15) is 4.79 Å². The van der Waals surface area contributed by atoms with Gasteiger partial charge in [-0.15, -0.1) is 24.0 Å². The first-order valence-corrected chi connectivity index (χ1v) is 8.79. The molecule has 2 rings (SSSR count). The summed E-state index contributed by atoms with van der Waals surface area (Å²) >= 11 is 0. The van der Waals surface area contributed by atoms with Crippen LogP contribution >= 0.6 is 24.0 Å². The predicted molar refractivity (Wildman–Crippen MR) is 119 cm³/mol. The Morgan fingerprint density at radius 2 is 1.89 bits per heavy atom. The number of aliphatic imine (C=N–C) groups is 1. The summed E-state index contributed by atoms with van der Waals surface area (Å²) in [5.41, 5.74) is 2.89. The van der Waals surface area contributed by atoms with Gasteiger partial charge in [0.25, 0.3) is 0 Å². The van der Waals surface area contributed by atoms with E-state index < -0.39 is 0 Å². The van der Waals surface area contributed by atoms with Gasteiger partial charge in [-0.05, 0) is 44.9 Å². The lowest BCUT2D eigenvalue weighted by Gasteiger charge is -2.11. The van der Waals surface area contributed by atoms with Gasteiger partial charge in [0.1, 0.15) is 12.3 Å². The third-order valence-electron chi connectivity index (χ3n) is 3.77. The van der Waals surface area contributed by atoms with Crippen LogP contribution in [-0.4, -0.2) is 29.9 Å². The number of nitrogens with zero attached hydrogens (tertiary/aromatic N) is 2. The van der Waals surface area contributed by atoms with Gasteiger partial charge in [0.05, 0.1) is 5.69 Å². The molecule has 0 saturated carbocycles. The zero-order valence-corrected chi connectivity index (χ0v) is 18.6. The molecule has 0 unspecified atom stereocenters. The number of aryl methyl sites for hydroxylation is 2. The largest absolute Gasteiger partial charge is 0.444 e. The highest BCUT2D eigenvalue weighted by molar-refractivity contribution is 14.0. The molecule has 0 spiro atoms. The van der Waals surface area contributed by atoms with Crippen molar-refractivity contribution in [1.82, 2.24) is 15.6 Å². The fraction of sp³-hybridized carbons (Fsp3) is 0.421. The second-order valence-corrected chi connectivity index (χ2v) is 6.00. The van der Waals surface area contributed by atoms with Crippen molar-refractivity contribution in [3.8, 4) is 0 Å². The van der Waals surface area contributed by atoms with E-state index in [1.807, 2.05) is 45.0 Å². The number of guanidine groups is 1. The molecule has 3 N–H and O–H groups in total. The van der Waals surface area contributed by atoms with E-state index in [-0.39, 0.29) is 29.9 Å². The highest BCUT2D eigenvalue weighted by atomic mass is 127.